The molecule has 0 saturated heterocycles. The molecule has 4 N–H and O–H groups in total. The van der Waals surface area contributed by atoms with Crippen molar-refractivity contribution >= 4 is 28.8 Å². The zero-order valence-electron chi connectivity index (χ0n) is 23.2. The number of hydrogen-bond acceptors (Lipinski definition) is 5. The maximum absolute atomic E-state index is 13.2. The molecule has 4 rings (SSSR count). The highest BCUT2D eigenvalue weighted by atomic mass is 16.2. The van der Waals surface area contributed by atoms with Gasteiger partial charge in [-0.15, -0.1) is 0 Å². The molecular formula is C31H36N6O2. The van der Waals surface area contributed by atoms with Gasteiger partial charge in [0, 0.05) is 29.2 Å². The molecule has 0 radical (unpaired) electrons. The number of anilines is 2. The van der Waals surface area contributed by atoms with Crippen molar-refractivity contribution in [1.29, 1.82) is 0 Å². The average Bonchev–Trinajstić information content (AvgIpc) is 3.31. The minimum absolute atomic E-state index is 0.0874. The standard InChI is InChI=1S/C31H36N6O2/c1-7-19(5)26(35-25(38)8-2)30-36-27(28-29(32)33-14-15-37(28)30)21-10-9-11-22(17-21)31(39)34-23-12-13-24(18(3)4)20(6)16-23/h8-19,26H,2,7H2,1,3-6H3,(H2,32,33)(H,34,39)(H,35,38)/t19-,26+/m1/s1. The first-order valence-electron chi connectivity index (χ1n) is 13.2. The molecule has 0 bridgehead atoms. The molecule has 39 heavy (non-hydrogen) atoms. The number of amides is 2. The smallest absolute Gasteiger partial charge is 0.255 e. The van der Waals surface area contributed by atoms with Crippen LogP contribution in [0.5, 0.6) is 0 Å². The Morgan fingerprint density at radius 1 is 1.15 bits per heavy atom. The number of rotatable bonds is 9. The third kappa shape index (κ3) is 5.70. The van der Waals surface area contributed by atoms with Crippen LogP contribution in [-0.4, -0.2) is 26.2 Å². The summed E-state index contributed by atoms with van der Waals surface area (Å²) in [6.07, 6.45) is 5.46. The van der Waals surface area contributed by atoms with Crippen LogP contribution in [0.15, 0.2) is 67.5 Å². The predicted octanol–water partition coefficient (Wildman–Crippen LogP) is 6.05. The Balaban J connectivity index is 1.74. The summed E-state index contributed by atoms with van der Waals surface area (Å²) in [6, 6.07) is 12.9. The van der Waals surface area contributed by atoms with E-state index >= 15 is 0 Å². The number of imidazole rings is 1. The van der Waals surface area contributed by atoms with Crippen LogP contribution in [-0.2, 0) is 4.79 Å². The van der Waals surface area contributed by atoms with Gasteiger partial charge in [0.25, 0.3) is 5.91 Å². The summed E-state index contributed by atoms with van der Waals surface area (Å²) < 4.78 is 1.86. The Morgan fingerprint density at radius 3 is 2.59 bits per heavy atom. The number of carbonyl (C=O) groups excluding carboxylic acids is 2. The Bertz CT molecular complexity index is 1540. The number of fused-ring (bicyclic) bond motifs is 1. The largest absolute Gasteiger partial charge is 0.382 e. The summed E-state index contributed by atoms with van der Waals surface area (Å²) in [5.41, 5.74) is 11.9. The van der Waals surface area contributed by atoms with Gasteiger partial charge in [-0.05, 0) is 60.2 Å². The van der Waals surface area contributed by atoms with Crippen LogP contribution in [0, 0.1) is 12.8 Å². The molecule has 202 valence electrons. The van der Waals surface area contributed by atoms with Gasteiger partial charge in [-0.3, -0.25) is 14.0 Å². The molecule has 0 spiro atoms. The van der Waals surface area contributed by atoms with Gasteiger partial charge in [-0.1, -0.05) is 58.9 Å². The van der Waals surface area contributed by atoms with Crippen LogP contribution < -0.4 is 16.4 Å². The van der Waals surface area contributed by atoms with Crippen LogP contribution in [0.4, 0.5) is 11.5 Å². The molecule has 2 atom stereocenters. The molecule has 2 aromatic carbocycles. The van der Waals surface area contributed by atoms with Gasteiger partial charge in [0.2, 0.25) is 5.91 Å². The third-order valence-corrected chi connectivity index (χ3v) is 7.13. The fraction of sp³-hybridized carbons (Fsp3) is 0.290. The predicted molar refractivity (Wildman–Crippen MR) is 157 cm³/mol. The van der Waals surface area contributed by atoms with Gasteiger partial charge in [0.05, 0.1) is 6.04 Å². The molecule has 2 amide bonds. The van der Waals surface area contributed by atoms with Crippen LogP contribution in [0.3, 0.4) is 0 Å². The lowest BCUT2D eigenvalue weighted by atomic mass is 9.97. The zero-order chi connectivity index (χ0) is 28.3. The van der Waals surface area contributed by atoms with Crippen molar-refractivity contribution in [2.24, 2.45) is 5.92 Å². The van der Waals surface area contributed by atoms with Gasteiger partial charge in [0.1, 0.15) is 22.9 Å². The van der Waals surface area contributed by atoms with Crippen molar-refractivity contribution in [1.82, 2.24) is 19.7 Å². The first-order chi connectivity index (χ1) is 18.6. The van der Waals surface area contributed by atoms with E-state index in [-0.39, 0.29) is 23.8 Å². The molecule has 0 aliphatic heterocycles. The molecule has 2 aromatic heterocycles. The fourth-order valence-electron chi connectivity index (χ4n) is 4.83. The van der Waals surface area contributed by atoms with E-state index in [4.69, 9.17) is 10.7 Å². The molecule has 2 heterocycles. The Kier molecular flexibility index (Phi) is 8.14. The van der Waals surface area contributed by atoms with Gasteiger partial charge < -0.3 is 16.4 Å². The molecule has 0 unspecified atom stereocenters. The number of nitrogens with two attached hydrogens (primary N) is 1. The maximum atomic E-state index is 13.2. The van der Waals surface area contributed by atoms with Crippen LogP contribution in [0.1, 0.15) is 73.4 Å². The quantitative estimate of drug-likeness (QED) is 0.231. The number of benzene rings is 2. The van der Waals surface area contributed by atoms with E-state index in [1.807, 2.05) is 28.7 Å². The van der Waals surface area contributed by atoms with Gasteiger partial charge in [-0.2, -0.15) is 0 Å². The summed E-state index contributed by atoms with van der Waals surface area (Å²) in [4.78, 5) is 34.8. The average molecular weight is 525 g/mol. The van der Waals surface area contributed by atoms with Crippen LogP contribution in [0.25, 0.3) is 16.8 Å². The second-order valence-corrected chi connectivity index (χ2v) is 10.2. The molecule has 0 fully saturated rings. The fourth-order valence-corrected chi connectivity index (χ4v) is 4.83. The molecule has 0 aliphatic carbocycles. The van der Waals surface area contributed by atoms with E-state index in [1.54, 1.807) is 24.5 Å². The molecule has 0 aliphatic rings. The topological polar surface area (TPSA) is 114 Å². The number of nitrogens with zero attached hydrogens (tertiary/aromatic N) is 3. The van der Waals surface area contributed by atoms with Crippen molar-refractivity contribution in [2.45, 2.75) is 53.0 Å². The Morgan fingerprint density at radius 2 is 1.92 bits per heavy atom. The molecule has 4 aromatic rings. The van der Waals surface area contributed by atoms with E-state index in [2.05, 4.69) is 62.9 Å². The molecule has 0 saturated carbocycles. The molecule has 8 nitrogen and oxygen atoms in total. The highest BCUT2D eigenvalue weighted by Gasteiger charge is 2.27. The highest BCUT2D eigenvalue weighted by Crippen LogP contribution is 2.33. The van der Waals surface area contributed by atoms with E-state index < -0.39 is 0 Å². The number of nitrogens with one attached hydrogen (secondary N) is 2. The van der Waals surface area contributed by atoms with Crippen molar-refractivity contribution in [2.75, 3.05) is 11.1 Å². The second kappa shape index (κ2) is 11.5. The van der Waals surface area contributed by atoms with Crippen LogP contribution in [0.2, 0.25) is 0 Å². The highest BCUT2D eigenvalue weighted by molar-refractivity contribution is 6.05. The lowest BCUT2D eigenvalue weighted by Crippen LogP contribution is -2.32. The van der Waals surface area contributed by atoms with E-state index in [0.29, 0.717) is 34.3 Å². The molecule has 8 heteroatoms. The summed E-state index contributed by atoms with van der Waals surface area (Å²) in [7, 11) is 0. The van der Waals surface area contributed by atoms with Crippen molar-refractivity contribution in [3.05, 3.63) is 90.0 Å². The normalized spacial score (nSPS) is 12.8. The summed E-state index contributed by atoms with van der Waals surface area (Å²) in [5.74, 6) is 0.932. The minimum atomic E-state index is -0.382. The number of aromatic nitrogens is 3. The summed E-state index contributed by atoms with van der Waals surface area (Å²) in [6.45, 7) is 14.1. The summed E-state index contributed by atoms with van der Waals surface area (Å²) in [5, 5.41) is 6.02. The maximum Gasteiger partial charge on any atom is 0.255 e. The van der Waals surface area contributed by atoms with E-state index in [1.165, 1.54) is 11.6 Å². The monoisotopic (exact) mass is 524 g/mol. The van der Waals surface area contributed by atoms with E-state index in [0.717, 1.165) is 23.2 Å². The minimum Gasteiger partial charge on any atom is -0.382 e. The van der Waals surface area contributed by atoms with Crippen molar-refractivity contribution in [3.8, 4) is 11.3 Å². The second-order valence-electron chi connectivity index (χ2n) is 10.2. The summed E-state index contributed by atoms with van der Waals surface area (Å²) >= 11 is 0. The van der Waals surface area contributed by atoms with E-state index in [9.17, 15) is 9.59 Å². The SMILES string of the molecule is C=CC(=O)N[C@H](c1nc(-c2cccc(C(=O)Nc3ccc(C(C)C)c(C)c3)c2)c2c(N)nccn12)[C@H](C)CC. The van der Waals surface area contributed by atoms with Gasteiger partial charge >= 0.3 is 0 Å². The number of nitrogen functional groups attached to an aromatic ring is 1. The number of carbonyl (C=O) groups is 2. The van der Waals surface area contributed by atoms with Gasteiger partial charge in [-0.25, -0.2) is 9.97 Å². The number of hydrogen-bond donors (Lipinski definition) is 3. The zero-order valence-corrected chi connectivity index (χ0v) is 23.2. The van der Waals surface area contributed by atoms with Crippen LogP contribution >= 0.6 is 0 Å². The lowest BCUT2D eigenvalue weighted by Gasteiger charge is -2.22. The number of aryl methyl sites for hydroxylation is 1. The Hall–Kier alpha value is -4.46. The first kappa shape index (κ1) is 27.6. The van der Waals surface area contributed by atoms with Crippen molar-refractivity contribution in [3.63, 3.8) is 0 Å². The third-order valence-electron chi connectivity index (χ3n) is 7.13. The Labute approximate surface area is 229 Å². The van der Waals surface area contributed by atoms with Gasteiger partial charge in [0.15, 0.2) is 0 Å². The van der Waals surface area contributed by atoms with Crippen molar-refractivity contribution < 1.29 is 9.59 Å². The first-order valence-corrected chi connectivity index (χ1v) is 13.2. The molecular weight excluding hydrogens is 488 g/mol. The lowest BCUT2D eigenvalue weighted by molar-refractivity contribution is -0.117.